The number of amides is 2. The second-order valence-electron chi connectivity index (χ2n) is 6.50. The third-order valence-electron chi connectivity index (χ3n) is 5.24. The van der Waals surface area contributed by atoms with Gasteiger partial charge in [-0.25, -0.2) is 4.79 Å². The summed E-state index contributed by atoms with van der Waals surface area (Å²) in [4.78, 5) is 14.4. The molecule has 128 valence electrons. The van der Waals surface area contributed by atoms with E-state index in [1.54, 1.807) is 0 Å². The normalized spacial score (nSPS) is 13.8. The van der Waals surface area contributed by atoms with E-state index in [0.717, 1.165) is 31.5 Å². The highest BCUT2D eigenvalue weighted by atomic mass is 16.3. The minimum atomic E-state index is -0.185. The molecule has 23 heavy (non-hydrogen) atoms. The summed E-state index contributed by atoms with van der Waals surface area (Å²) in [5, 5.41) is 15.1. The highest BCUT2D eigenvalue weighted by Gasteiger charge is 2.26. The first-order chi connectivity index (χ1) is 11.0. The third-order valence-corrected chi connectivity index (χ3v) is 5.24. The topological polar surface area (TPSA) is 64.6 Å². The maximum atomic E-state index is 12.2. The summed E-state index contributed by atoms with van der Waals surface area (Å²) in [6.45, 7) is 5.98. The second kappa shape index (κ2) is 7.68. The molecule has 5 nitrogen and oxygen atoms in total. The van der Waals surface area contributed by atoms with Gasteiger partial charge in [-0.3, -0.25) is 0 Å². The van der Waals surface area contributed by atoms with E-state index < -0.39 is 0 Å². The molecular formula is C18H29N3O2. The quantitative estimate of drug-likeness (QED) is 0.724. The highest BCUT2D eigenvalue weighted by molar-refractivity contribution is 5.90. The number of aliphatic hydroxyl groups excluding tert-OH is 1. The maximum Gasteiger partial charge on any atom is 0.319 e. The fourth-order valence-electron chi connectivity index (χ4n) is 3.24. The van der Waals surface area contributed by atoms with Gasteiger partial charge in [0.15, 0.2) is 0 Å². The molecule has 3 N–H and O–H groups in total. The number of hydrogen-bond acceptors (Lipinski definition) is 3. The summed E-state index contributed by atoms with van der Waals surface area (Å²) in [6, 6.07) is 5.89. The number of carbonyl (C=O) groups excluding carboxylic acids is 1. The van der Waals surface area contributed by atoms with E-state index in [1.807, 2.05) is 12.1 Å². The molecule has 0 atom stereocenters. The third kappa shape index (κ3) is 4.16. The Hall–Kier alpha value is -1.75. The zero-order valence-corrected chi connectivity index (χ0v) is 14.5. The van der Waals surface area contributed by atoms with Gasteiger partial charge in [0.05, 0.1) is 0 Å². The van der Waals surface area contributed by atoms with E-state index >= 15 is 0 Å². The average molecular weight is 319 g/mol. The van der Waals surface area contributed by atoms with Crippen molar-refractivity contribution in [2.45, 2.75) is 39.5 Å². The summed E-state index contributed by atoms with van der Waals surface area (Å²) in [7, 11) is 2.07. The Morgan fingerprint density at radius 3 is 2.74 bits per heavy atom. The van der Waals surface area contributed by atoms with Crippen LogP contribution in [0.2, 0.25) is 0 Å². The van der Waals surface area contributed by atoms with Crippen molar-refractivity contribution in [3.63, 3.8) is 0 Å². The molecule has 0 aromatic heterocycles. The number of likely N-dealkylation sites (N-methyl/N-ethyl adjacent to an activating group) is 1. The molecule has 0 saturated carbocycles. The van der Waals surface area contributed by atoms with Crippen LogP contribution in [0.1, 0.15) is 38.7 Å². The number of nitrogens with zero attached hydrogens (tertiary/aromatic N) is 1. The largest absolute Gasteiger partial charge is 0.396 e. The first-order valence-corrected chi connectivity index (χ1v) is 8.53. The van der Waals surface area contributed by atoms with Crippen LogP contribution < -0.4 is 15.5 Å². The van der Waals surface area contributed by atoms with Gasteiger partial charge in [-0.05, 0) is 48.8 Å². The molecule has 1 aliphatic rings. The van der Waals surface area contributed by atoms with Crippen LogP contribution in [0.25, 0.3) is 0 Å². The Labute approximate surface area is 139 Å². The first-order valence-electron chi connectivity index (χ1n) is 8.53. The van der Waals surface area contributed by atoms with Crippen LogP contribution >= 0.6 is 0 Å². The van der Waals surface area contributed by atoms with Crippen LogP contribution in [0, 0.1) is 5.41 Å². The average Bonchev–Trinajstić information content (AvgIpc) is 2.92. The summed E-state index contributed by atoms with van der Waals surface area (Å²) >= 11 is 0. The van der Waals surface area contributed by atoms with Gasteiger partial charge in [0.25, 0.3) is 0 Å². The van der Waals surface area contributed by atoms with Gasteiger partial charge in [-0.2, -0.15) is 0 Å². The van der Waals surface area contributed by atoms with E-state index in [2.05, 4.69) is 42.5 Å². The van der Waals surface area contributed by atoms with Crippen LogP contribution in [0.15, 0.2) is 18.2 Å². The molecule has 0 fully saturated rings. The summed E-state index contributed by atoms with van der Waals surface area (Å²) in [5.74, 6) is 0. The van der Waals surface area contributed by atoms with Gasteiger partial charge >= 0.3 is 6.03 Å². The molecule has 1 aromatic carbocycles. The van der Waals surface area contributed by atoms with Crippen molar-refractivity contribution in [1.82, 2.24) is 5.32 Å². The number of carbonyl (C=O) groups is 1. The molecule has 0 aliphatic carbocycles. The number of aliphatic hydroxyl groups is 1. The number of benzene rings is 1. The minimum absolute atomic E-state index is 0.0236. The molecule has 0 bridgehead atoms. The van der Waals surface area contributed by atoms with E-state index in [1.165, 1.54) is 11.3 Å². The Kier molecular flexibility index (Phi) is 5.88. The van der Waals surface area contributed by atoms with Gasteiger partial charge in [0.1, 0.15) is 0 Å². The first kappa shape index (κ1) is 17.6. The second-order valence-corrected chi connectivity index (χ2v) is 6.50. The Morgan fingerprint density at radius 2 is 2.09 bits per heavy atom. The monoisotopic (exact) mass is 319 g/mol. The minimum Gasteiger partial charge on any atom is -0.396 e. The smallest absolute Gasteiger partial charge is 0.319 e. The van der Waals surface area contributed by atoms with Gasteiger partial charge in [0, 0.05) is 38.1 Å². The number of anilines is 2. The summed E-state index contributed by atoms with van der Waals surface area (Å²) in [5.41, 5.74) is 3.32. The van der Waals surface area contributed by atoms with Crippen molar-refractivity contribution in [2.24, 2.45) is 5.41 Å². The standard InChI is InChI=1S/C18H29N3O2/c1-4-18(5-2,9-11-22)13-19-17(23)20-15-7-6-14-8-10-21(3)16(14)12-15/h6-7,12,22H,4-5,8-11,13H2,1-3H3,(H2,19,20,23). The molecule has 2 rings (SSSR count). The summed E-state index contributed by atoms with van der Waals surface area (Å²) < 4.78 is 0. The van der Waals surface area contributed by atoms with E-state index in [9.17, 15) is 9.90 Å². The zero-order chi connectivity index (χ0) is 16.9. The number of rotatable bonds is 7. The molecule has 0 saturated heterocycles. The van der Waals surface area contributed by atoms with Crippen molar-refractivity contribution in [3.8, 4) is 0 Å². The van der Waals surface area contributed by atoms with E-state index in [4.69, 9.17) is 0 Å². The highest BCUT2D eigenvalue weighted by Crippen LogP contribution is 2.30. The predicted molar refractivity (Wildman–Crippen MR) is 95.2 cm³/mol. The van der Waals surface area contributed by atoms with Crippen molar-refractivity contribution in [2.75, 3.05) is 37.0 Å². The van der Waals surface area contributed by atoms with Crippen LogP contribution in [0.3, 0.4) is 0 Å². The lowest BCUT2D eigenvalue weighted by atomic mass is 9.79. The Bertz CT molecular complexity index is 541. The Balaban J connectivity index is 1.93. The van der Waals surface area contributed by atoms with Crippen molar-refractivity contribution in [3.05, 3.63) is 23.8 Å². The number of fused-ring (bicyclic) bond motifs is 1. The lowest BCUT2D eigenvalue weighted by Crippen LogP contribution is -2.39. The zero-order valence-electron chi connectivity index (χ0n) is 14.5. The summed E-state index contributed by atoms with van der Waals surface area (Å²) in [6.07, 6.45) is 3.65. The van der Waals surface area contributed by atoms with Crippen LogP contribution in [-0.4, -0.2) is 37.9 Å². The van der Waals surface area contributed by atoms with Crippen molar-refractivity contribution in [1.29, 1.82) is 0 Å². The van der Waals surface area contributed by atoms with E-state index in [-0.39, 0.29) is 18.1 Å². The molecule has 1 aliphatic heterocycles. The predicted octanol–water partition coefficient (Wildman–Crippen LogP) is 2.99. The van der Waals surface area contributed by atoms with Gasteiger partial charge in [-0.15, -0.1) is 0 Å². The van der Waals surface area contributed by atoms with Gasteiger partial charge < -0.3 is 20.6 Å². The van der Waals surface area contributed by atoms with Gasteiger partial charge in [-0.1, -0.05) is 19.9 Å². The van der Waals surface area contributed by atoms with E-state index in [0.29, 0.717) is 13.0 Å². The fourth-order valence-corrected chi connectivity index (χ4v) is 3.24. The maximum absolute atomic E-state index is 12.2. The fraction of sp³-hybridized carbons (Fsp3) is 0.611. The van der Waals surface area contributed by atoms with Crippen LogP contribution in [0.5, 0.6) is 0 Å². The van der Waals surface area contributed by atoms with Crippen molar-refractivity contribution >= 4 is 17.4 Å². The van der Waals surface area contributed by atoms with Gasteiger partial charge in [0.2, 0.25) is 0 Å². The molecule has 0 unspecified atom stereocenters. The van der Waals surface area contributed by atoms with Crippen LogP contribution in [-0.2, 0) is 6.42 Å². The number of nitrogens with one attached hydrogen (secondary N) is 2. The molecule has 2 amide bonds. The lowest BCUT2D eigenvalue weighted by Gasteiger charge is -2.31. The Morgan fingerprint density at radius 1 is 1.35 bits per heavy atom. The van der Waals surface area contributed by atoms with Crippen LogP contribution in [0.4, 0.5) is 16.2 Å². The number of urea groups is 1. The van der Waals surface area contributed by atoms with Crippen molar-refractivity contribution < 1.29 is 9.90 Å². The molecule has 0 spiro atoms. The molecule has 5 heteroatoms. The lowest BCUT2D eigenvalue weighted by molar-refractivity contribution is 0.165. The molecule has 0 radical (unpaired) electrons. The molecule has 1 aromatic rings. The SMILES string of the molecule is CCC(CC)(CCO)CNC(=O)Nc1ccc2c(c1)N(C)CC2. The molecular weight excluding hydrogens is 290 g/mol. The number of hydrogen-bond donors (Lipinski definition) is 3. The molecule has 1 heterocycles.